The van der Waals surface area contributed by atoms with Gasteiger partial charge in [0.1, 0.15) is 5.69 Å². The van der Waals surface area contributed by atoms with Gasteiger partial charge in [-0.05, 0) is 48.7 Å². The maximum absolute atomic E-state index is 5.98. The molecule has 2 aromatic carbocycles. The molecule has 0 fully saturated rings. The van der Waals surface area contributed by atoms with Crippen molar-refractivity contribution >= 4 is 21.8 Å². The van der Waals surface area contributed by atoms with Gasteiger partial charge < -0.3 is 10.3 Å². The van der Waals surface area contributed by atoms with E-state index in [0.29, 0.717) is 5.88 Å². The SMILES string of the molecule is Cc1ccc(-c2noc(N)c2-c2cccc(Br)c2)cc1C. The van der Waals surface area contributed by atoms with E-state index in [1.54, 1.807) is 0 Å². The van der Waals surface area contributed by atoms with Crippen molar-refractivity contribution in [2.45, 2.75) is 13.8 Å². The van der Waals surface area contributed by atoms with E-state index in [1.165, 1.54) is 11.1 Å². The third-order valence-corrected chi connectivity index (χ3v) is 4.11. The molecule has 0 radical (unpaired) electrons. The number of hydrogen-bond acceptors (Lipinski definition) is 3. The third kappa shape index (κ3) is 2.59. The predicted octanol–water partition coefficient (Wildman–Crippen LogP) is 4.97. The molecule has 0 saturated carbocycles. The number of benzene rings is 2. The highest BCUT2D eigenvalue weighted by atomic mass is 79.9. The fourth-order valence-corrected chi connectivity index (χ4v) is 2.71. The van der Waals surface area contributed by atoms with Gasteiger partial charge in [0.15, 0.2) is 0 Å². The van der Waals surface area contributed by atoms with Crippen LogP contribution in [0.1, 0.15) is 11.1 Å². The van der Waals surface area contributed by atoms with Crippen LogP contribution in [0.4, 0.5) is 5.88 Å². The Kier molecular flexibility index (Phi) is 3.55. The lowest BCUT2D eigenvalue weighted by atomic mass is 9.98. The summed E-state index contributed by atoms with van der Waals surface area (Å²) in [5.74, 6) is 0.335. The van der Waals surface area contributed by atoms with Crippen LogP contribution in [-0.4, -0.2) is 5.16 Å². The van der Waals surface area contributed by atoms with E-state index >= 15 is 0 Å². The van der Waals surface area contributed by atoms with Crippen LogP contribution < -0.4 is 5.73 Å². The topological polar surface area (TPSA) is 52.0 Å². The summed E-state index contributed by atoms with van der Waals surface area (Å²) in [6, 6.07) is 14.2. The summed E-state index contributed by atoms with van der Waals surface area (Å²) in [4.78, 5) is 0. The molecule has 3 rings (SSSR count). The first kappa shape index (κ1) is 13.9. The molecule has 0 atom stereocenters. The van der Waals surface area contributed by atoms with Crippen LogP contribution in [0.3, 0.4) is 0 Å². The molecule has 0 aliphatic heterocycles. The number of aromatic nitrogens is 1. The van der Waals surface area contributed by atoms with Gasteiger partial charge in [0.25, 0.3) is 0 Å². The van der Waals surface area contributed by atoms with E-state index in [-0.39, 0.29) is 0 Å². The highest BCUT2D eigenvalue weighted by Gasteiger charge is 2.17. The molecule has 0 aliphatic carbocycles. The van der Waals surface area contributed by atoms with Crippen molar-refractivity contribution in [3.05, 3.63) is 58.1 Å². The van der Waals surface area contributed by atoms with Gasteiger partial charge in [0, 0.05) is 10.0 Å². The fourth-order valence-electron chi connectivity index (χ4n) is 2.31. The average molecular weight is 343 g/mol. The van der Waals surface area contributed by atoms with Gasteiger partial charge in [-0.15, -0.1) is 0 Å². The normalized spacial score (nSPS) is 10.8. The second-order valence-electron chi connectivity index (χ2n) is 5.08. The Balaban J connectivity index is 2.19. The molecule has 0 aliphatic rings. The summed E-state index contributed by atoms with van der Waals surface area (Å²) < 4.78 is 6.22. The smallest absolute Gasteiger partial charge is 0.230 e. The minimum Gasteiger partial charge on any atom is -0.367 e. The standard InChI is InChI=1S/C17H15BrN2O/c1-10-6-7-13(8-11(10)2)16-15(17(19)21-20-16)12-4-3-5-14(18)9-12/h3-9H,19H2,1-2H3. The highest BCUT2D eigenvalue weighted by molar-refractivity contribution is 9.10. The van der Waals surface area contributed by atoms with E-state index in [1.807, 2.05) is 30.3 Å². The summed E-state index contributed by atoms with van der Waals surface area (Å²) >= 11 is 3.48. The number of aryl methyl sites for hydroxylation is 2. The fraction of sp³-hybridized carbons (Fsp3) is 0.118. The largest absolute Gasteiger partial charge is 0.367 e. The van der Waals surface area contributed by atoms with Gasteiger partial charge >= 0.3 is 0 Å². The summed E-state index contributed by atoms with van der Waals surface area (Å²) in [6.45, 7) is 4.17. The summed E-state index contributed by atoms with van der Waals surface area (Å²) in [6.07, 6.45) is 0. The molecular formula is C17H15BrN2O. The Morgan fingerprint density at radius 1 is 1.00 bits per heavy atom. The van der Waals surface area contributed by atoms with Crippen LogP contribution in [0.5, 0.6) is 0 Å². The van der Waals surface area contributed by atoms with Crippen molar-refractivity contribution in [3.63, 3.8) is 0 Å². The van der Waals surface area contributed by atoms with Gasteiger partial charge in [-0.3, -0.25) is 0 Å². The zero-order valence-electron chi connectivity index (χ0n) is 11.9. The Morgan fingerprint density at radius 3 is 2.52 bits per heavy atom. The quantitative estimate of drug-likeness (QED) is 0.715. The van der Waals surface area contributed by atoms with Crippen molar-refractivity contribution in [2.24, 2.45) is 0 Å². The van der Waals surface area contributed by atoms with Gasteiger partial charge in [-0.25, -0.2) is 0 Å². The Labute approximate surface area is 131 Å². The molecule has 0 amide bonds. The molecule has 0 unspecified atom stereocenters. The van der Waals surface area contributed by atoms with Crippen LogP contribution in [0.2, 0.25) is 0 Å². The van der Waals surface area contributed by atoms with Gasteiger partial charge in [0.2, 0.25) is 5.88 Å². The second-order valence-corrected chi connectivity index (χ2v) is 6.00. The first-order valence-corrected chi connectivity index (χ1v) is 7.44. The van der Waals surface area contributed by atoms with E-state index in [9.17, 15) is 0 Å². The van der Waals surface area contributed by atoms with E-state index in [4.69, 9.17) is 10.3 Å². The van der Waals surface area contributed by atoms with Crippen LogP contribution in [-0.2, 0) is 0 Å². The van der Waals surface area contributed by atoms with Gasteiger partial charge in [-0.1, -0.05) is 45.4 Å². The van der Waals surface area contributed by atoms with Crippen LogP contribution >= 0.6 is 15.9 Å². The van der Waals surface area contributed by atoms with Gasteiger partial charge in [-0.2, -0.15) is 0 Å². The summed E-state index contributed by atoms with van der Waals surface area (Å²) in [7, 11) is 0. The second kappa shape index (κ2) is 5.37. The van der Waals surface area contributed by atoms with Crippen molar-refractivity contribution in [1.29, 1.82) is 0 Å². The highest BCUT2D eigenvalue weighted by Crippen LogP contribution is 2.37. The first-order chi connectivity index (χ1) is 10.1. The predicted molar refractivity (Wildman–Crippen MR) is 89.0 cm³/mol. The van der Waals surface area contributed by atoms with Crippen molar-refractivity contribution < 1.29 is 4.52 Å². The van der Waals surface area contributed by atoms with Crippen molar-refractivity contribution in [1.82, 2.24) is 5.16 Å². The molecule has 3 nitrogen and oxygen atoms in total. The number of halogens is 1. The summed E-state index contributed by atoms with van der Waals surface area (Å²) in [5, 5.41) is 4.15. The molecular weight excluding hydrogens is 328 g/mol. The Hall–Kier alpha value is -2.07. The molecule has 4 heteroatoms. The molecule has 21 heavy (non-hydrogen) atoms. The number of hydrogen-bond donors (Lipinski definition) is 1. The summed E-state index contributed by atoms with van der Waals surface area (Å²) in [5.41, 5.74) is 12.0. The van der Waals surface area contributed by atoms with Crippen molar-refractivity contribution in [2.75, 3.05) is 5.73 Å². The van der Waals surface area contributed by atoms with E-state index < -0.39 is 0 Å². The monoisotopic (exact) mass is 342 g/mol. The number of nitrogen functional groups attached to an aromatic ring is 1. The molecule has 2 N–H and O–H groups in total. The average Bonchev–Trinajstić information content (AvgIpc) is 2.84. The minimum absolute atomic E-state index is 0.335. The maximum Gasteiger partial charge on any atom is 0.230 e. The van der Waals surface area contributed by atoms with E-state index in [2.05, 4.69) is 47.1 Å². The lowest BCUT2D eigenvalue weighted by molar-refractivity contribution is 0.439. The molecule has 0 saturated heterocycles. The zero-order valence-corrected chi connectivity index (χ0v) is 13.4. The number of anilines is 1. The number of nitrogens with zero attached hydrogens (tertiary/aromatic N) is 1. The molecule has 0 spiro atoms. The van der Waals surface area contributed by atoms with Crippen LogP contribution in [0, 0.1) is 13.8 Å². The number of rotatable bonds is 2. The lowest BCUT2D eigenvalue weighted by Gasteiger charge is -2.06. The minimum atomic E-state index is 0.335. The molecule has 1 aromatic heterocycles. The molecule has 3 aromatic rings. The Morgan fingerprint density at radius 2 is 1.81 bits per heavy atom. The van der Waals surface area contributed by atoms with Gasteiger partial charge in [0.05, 0.1) is 5.56 Å². The van der Waals surface area contributed by atoms with Crippen LogP contribution in [0.25, 0.3) is 22.4 Å². The third-order valence-electron chi connectivity index (χ3n) is 3.61. The molecule has 106 valence electrons. The Bertz CT molecular complexity index is 808. The zero-order chi connectivity index (χ0) is 15.0. The lowest BCUT2D eigenvalue weighted by Crippen LogP contribution is -1.89. The molecule has 0 bridgehead atoms. The molecule has 1 heterocycles. The van der Waals surface area contributed by atoms with Crippen molar-refractivity contribution in [3.8, 4) is 22.4 Å². The van der Waals surface area contributed by atoms with E-state index in [0.717, 1.165) is 26.9 Å². The number of nitrogens with two attached hydrogens (primary N) is 1. The maximum atomic E-state index is 5.98. The first-order valence-electron chi connectivity index (χ1n) is 6.65. The van der Waals surface area contributed by atoms with Crippen LogP contribution in [0.15, 0.2) is 51.5 Å².